The maximum absolute atomic E-state index is 13.2. The van der Waals surface area contributed by atoms with Gasteiger partial charge in [-0.15, -0.1) is 0 Å². The summed E-state index contributed by atoms with van der Waals surface area (Å²) in [6, 6.07) is 4.52. The van der Waals surface area contributed by atoms with Crippen LogP contribution in [0.2, 0.25) is 5.28 Å². The van der Waals surface area contributed by atoms with Gasteiger partial charge in [0.2, 0.25) is 11.2 Å². The molecule has 2 aromatic heterocycles. The molecule has 1 saturated carbocycles. The van der Waals surface area contributed by atoms with Crippen molar-refractivity contribution in [1.82, 2.24) is 19.5 Å². The second kappa shape index (κ2) is 7.33. The number of halogens is 6. The largest absolute Gasteiger partial charge is 0.416 e. The lowest BCUT2D eigenvalue weighted by Crippen LogP contribution is -2.43. The van der Waals surface area contributed by atoms with Gasteiger partial charge in [0, 0.05) is 25.4 Å². The molecule has 0 aliphatic heterocycles. The van der Waals surface area contributed by atoms with E-state index in [-0.39, 0.29) is 36.6 Å². The van der Waals surface area contributed by atoms with Crippen LogP contribution in [0.1, 0.15) is 30.9 Å². The van der Waals surface area contributed by atoms with Crippen LogP contribution in [0.4, 0.5) is 27.8 Å². The summed E-state index contributed by atoms with van der Waals surface area (Å²) in [6.45, 7) is 2.02. The van der Waals surface area contributed by atoms with E-state index in [1.807, 2.05) is 0 Å². The summed E-state index contributed by atoms with van der Waals surface area (Å²) < 4.78 is 66.4. The van der Waals surface area contributed by atoms with Gasteiger partial charge in [-0.05, 0) is 42.1 Å². The molecule has 0 unspecified atom stereocenters. The van der Waals surface area contributed by atoms with E-state index in [9.17, 15) is 22.0 Å². The van der Waals surface area contributed by atoms with Gasteiger partial charge in [0.1, 0.15) is 5.52 Å². The van der Waals surface area contributed by atoms with E-state index < -0.39 is 17.7 Å². The molecule has 0 bridgehead atoms. The molecule has 1 atom stereocenters. The molecule has 0 amide bonds. The van der Waals surface area contributed by atoms with Gasteiger partial charge in [0.05, 0.1) is 11.9 Å². The Morgan fingerprint density at radius 2 is 1.87 bits per heavy atom. The van der Waals surface area contributed by atoms with Gasteiger partial charge < -0.3 is 9.88 Å². The molecule has 1 N–H and O–H groups in total. The first-order chi connectivity index (χ1) is 14.0. The smallest absolute Gasteiger partial charge is 0.365 e. The van der Waals surface area contributed by atoms with Crippen molar-refractivity contribution in [3.63, 3.8) is 0 Å². The Balaban J connectivity index is 1.60. The lowest BCUT2D eigenvalue weighted by atomic mass is 9.77. The van der Waals surface area contributed by atoms with Crippen molar-refractivity contribution in [2.24, 2.45) is 5.92 Å². The third-order valence-corrected chi connectivity index (χ3v) is 5.44. The Bertz CT molecular complexity index is 1060. The summed E-state index contributed by atoms with van der Waals surface area (Å²) >= 11 is 5.97. The number of nitrogens with one attached hydrogen (secondary N) is 1. The number of benzene rings is 1. The minimum atomic E-state index is -4.41. The van der Waals surface area contributed by atoms with E-state index >= 15 is 0 Å². The number of alkyl halides is 5. The summed E-state index contributed by atoms with van der Waals surface area (Å²) in [4.78, 5) is 12.4. The maximum atomic E-state index is 13.2. The van der Waals surface area contributed by atoms with Gasteiger partial charge in [-0.3, -0.25) is 0 Å². The van der Waals surface area contributed by atoms with Crippen LogP contribution < -0.4 is 5.32 Å². The molecule has 1 aromatic carbocycles. The first-order valence-electron chi connectivity index (χ1n) is 9.21. The number of aromatic nitrogens is 4. The Morgan fingerprint density at radius 1 is 1.20 bits per heavy atom. The van der Waals surface area contributed by atoms with Crippen LogP contribution in [-0.4, -0.2) is 31.5 Å². The third kappa shape index (κ3) is 4.19. The molecule has 30 heavy (non-hydrogen) atoms. The predicted octanol–water partition coefficient (Wildman–Crippen LogP) is 5.39. The standard InChI is InChI=1S/C19H17ClF5N5/c1-10(12-6-18(21,22)7-12)27-16-14-15(28-17(20)29-16)26-9-30(14)8-11-2-4-13(5-3-11)19(23,24)25/h2-5,9-10,12H,6-8H2,1H3,(H,27,28,29)/t10-/m1/s1. The fourth-order valence-electron chi connectivity index (χ4n) is 3.56. The molecule has 160 valence electrons. The monoisotopic (exact) mass is 445 g/mol. The number of rotatable bonds is 5. The summed E-state index contributed by atoms with van der Waals surface area (Å²) in [6.07, 6.45) is -3.32. The van der Waals surface area contributed by atoms with Gasteiger partial charge in [0.25, 0.3) is 0 Å². The van der Waals surface area contributed by atoms with Crippen LogP contribution >= 0.6 is 11.6 Å². The highest BCUT2D eigenvalue weighted by atomic mass is 35.5. The minimum Gasteiger partial charge on any atom is -0.365 e. The highest BCUT2D eigenvalue weighted by molar-refractivity contribution is 6.28. The molecular formula is C19H17ClF5N5. The van der Waals surface area contributed by atoms with Gasteiger partial charge in [-0.25, -0.2) is 13.8 Å². The zero-order chi connectivity index (χ0) is 21.7. The van der Waals surface area contributed by atoms with Crippen LogP contribution in [0.5, 0.6) is 0 Å². The van der Waals surface area contributed by atoms with Crippen LogP contribution in [0.15, 0.2) is 30.6 Å². The molecule has 0 spiro atoms. The van der Waals surface area contributed by atoms with Crippen molar-refractivity contribution in [2.45, 2.75) is 44.5 Å². The molecule has 3 aromatic rings. The van der Waals surface area contributed by atoms with E-state index in [0.29, 0.717) is 22.5 Å². The molecule has 4 rings (SSSR count). The molecule has 0 saturated heterocycles. The van der Waals surface area contributed by atoms with Gasteiger partial charge in [-0.1, -0.05) is 12.1 Å². The molecule has 5 nitrogen and oxygen atoms in total. The molecular weight excluding hydrogens is 429 g/mol. The molecule has 0 radical (unpaired) electrons. The van der Waals surface area contributed by atoms with E-state index in [4.69, 9.17) is 11.6 Å². The fourth-order valence-corrected chi connectivity index (χ4v) is 3.73. The van der Waals surface area contributed by atoms with Crippen LogP contribution in [0.3, 0.4) is 0 Å². The molecule has 1 aliphatic carbocycles. The summed E-state index contributed by atoms with van der Waals surface area (Å²) in [7, 11) is 0. The molecule has 1 fully saturated rings. The summed E-state index contributed by atoms with van der Waals surface area (Å²) in [5.74, 6) is -2.50. The lowest BCUT2D eigenvalue weighted by molar-refractivity contribution is -0.137. The second-order valence-corrected chi connectivity index (χ2v) is 7.88. The number of nitrogens with zero attached hydrogens (tertiary/aromatic N) is 4. The Morgan fingerprint density at radius 3 is 2.47 bits per heavy atom. The van der Waals surface area contributed by atoms with E-state index in [0.717, 1.165) is 12.1 Å². The first-order valence-corrected chi connectivity index (χ1v) is 9.58. The van der Waals surface area contributed by atoms with E-state index in [2.05, 4.69) is 20.3 Å². The number of hydrogen-bond acceptors (Lipinski definition) is 4. The second-order valence-electron chi connectivity index (χ2n) is 7.54. The lowest BCUT2D eigenvalue weighted by Gasteiger charge is -2.39. The Labute approximate surface area is 173 Å². The van der Waals surface area contributed by atoms with Gasteiger partial charge >= 0.3 is 6.18 Å². The van der Waals surface area contributed by atoms with Gasteiger partial charge in [-0.2, -0.15) is 23.1 Å². The van der Waals surface area contributed by atoms with Gasteiger partial charge in [0.15, 0.2) is 11.5 Å². The average Bonchev–Trinajstić information content (AvgIpc) is 3.01. The fraction of sp³-hybridized carbons (Fsp3) is 0.421. The molecule has 11 heteroatoms. The van der Waals surface area contributed by atoms with Crippen molar-refractivity contribution < 1.29 is 22.0 Å². The van der Waals surface area contributed by atoms with E-state index in [1.165, 1.54) is 18.5 Å². The van der Waals surface area contributed by atoms with Crippen molar-refractivity contribution >= 4 is 28.6 Å². The van der Waals surface area contributed by atoms with Crippen molar-refractivity contribution in [3.8, 4) is 0 Å². The Hall–Kier alpha value is -2.49. The SMILES string of the molecule is C[C@@H](Nc1nc(Cl)nc2ncn(Cc3ccc(C(F)(F)F)cc3)c12)C1CC(F)(F)C1. The minimum absolute atomic E-state index is 0.0454. The van der Waals surface area contributed by atoms with Crippen LogP contribution in [0, 0.1) is 5.92 Å². The maximum Gasteiger partial charge on any atom is 0.416 e. The zero-order valence-corrected chi connectivity index (χ0v) is 16.5. The zero-order valence-electron chi connectivity index (χ0n) is 15.7. The highest BCUT2D eigenvalue weighted by Gasteiger charge is 2.47. The number of hydrogen-bond donors (Lipinski definition) is 1. The van der Waals surface area contributed by atoms with E-state index in [1.54, 1.807) is 11.5 Å². The predicted molar refractivity (Wildman–Crippen MR) is 102 cm³/mol. The van der Waals surface area contributed by atoms with Crippen molar-refractivity contribution in [2.75, 3.05) is 5.32 Å². The average molecular weight is 446 g/mol. The third-order valence-electron chi connectivity index (χ3n) is 5.27. The summed E-state index contributed by atoms with van der Waals surface area (Å²) in [5, 5.41) is 3.08. The summed E-state index contributed by atoms with van der Waals surface area (Å²) in [5.41, 5.74) is 0.688. The first kappa shape index (κ1) is 20.8. The topological polar surface area (TPSA) is 55.6 Å². The molecule has 2 heterocycles. The van der Waals surface area contributed by atoms with Crippen LogP contribution in [-0.2, 0) is 12.7 Å². The number of anilines is 1. The van der Waals surface area contributed by atoms with Crippen molar-refractivity contribution in [1.29, 1.82) is 0 Å². The quantitative estimate of drug-likeness (QED) is 0.422. The number of fused-ring (bicyclic) bond motifs is 1. The Kier molecular flexibility index (Phi) is 5.08. The molecule has 1 aliphatic rings. The van der Waals surface area contributed by atoms with Crippen molar-refractivity contribution in [3.05, 3.63) is 47.0 Å². The number of imidazole rings is 1. The highest BCUT2D eigenvalue weighted by Crippen LogP contribution is 2.44. The normalized spacial score (nSPS) is 17.7. The van der Waals surface area contributed by atoms with Crippen LogP contribution in [0.25, 0.3) is 11.2 Å².